The van der Waals surface area contributed by atoms with Crippen molar-refractivity contribution in [2.75, 3.05) is 5.32 Å². The molecule has 2 heterocycles. The third-order valence-corrected chi connectivity index (χ3v) is 5.59. The summed E-state index contributed by atoms with van der Waals surface area (Å²) in [5.41, 5.74) is 0.512. The van der Waals surface area contributed by atoms with E-state index in [1.165, 1.54) is 11.3 Å². The SMILES string of the molecule is CC[C@](C)(NC(=O)Nc1ccc(Cl)cc1C(=O)c1ccc[nH]1)c1nccs1. The van der Waals surface area contributed by atoms with E-state index in [-0.39, 0.29) is 5.78 Å². The van der Waals surface area contributed by atoms with Gasteiger partial charge in [0.2, 0.25) is 5.78 Å². The number of anilines is 1. The first-order valence-corrected chi connectivity index (χ1v) is 9.65. The van der Waals surface area contributed by atoms with Crippen LogP contribution in [0, 0.1) is 0 Å². The van der Waals surface area contributed by atoms with Crippen LogP contribution in [-0.2, 0) is 5.54 Å². The van der Waals surface area contributed by atoms with Crippen LogP contribution >= 0.6 is 22.9 Å². The number of nitrogens with zero attached hydrogens (tertiary/aromatic N) is 1. The molecule has 3 aromatic rings. The highest BCUT2D eigenvalue weighted by molar-refractivity contribution is 7.09. The number of thiazole rings is 1. The van der Waals surface area contributed by atoms with Crippen LogP contribution in [0.4, 0.5) is 10.5 Å². The molecule has 1 atom stereocenters. The molecule has 0 aliphatic carbocycles. The summed E-state index contributed by atoms with van der Waals surface area (Å²) in [5, 5.41) is 8.82. The fourth-order valence-corrected chi connectivity index (χ4v) is 3.62. The lowest BCUT2D eigenvalue weighted by Crippen LogP contribution is -2.45. The van der Waals surface area contributed by atoms with Gasteiger partial charge in [-0.1, -0.05) is 18.5 Å². The third kappa shape index (κ3) is 4.20. The monoisotopic (exact) mass is 402 g/mol. The largest absolute Gasteiger partial charge is 0.359 e. The fourth-order valence-electron chi connectivity index (χ4n) is 2.62. The number of rotatable bonds is 6. The van der Waals surface area contributed by atoms with Gasteiger partial charge in [0.1, 0.15) is 5.01 Å². The van der Waals surface area contributed by atoms with Crippen molar-refractivity contribution in [3.05, 3.63) is 69.4 Å². The Hall–Kier alpha value is -2.64. The summed E-state index contributed by atoms with van der Waals surface area (Å²) < 4.78 is 0. The van der Waals surface area contributed by atoms with E-state index in [0.717, 1.165) is 5.01 Å². The molecule has 3 N–H and O–H groups in total. The average molecular weight is 403 g/mol. The van der Waals surface area contributed by atoms with Crippen molar-refractivity contribution >= 4 is 40.4 Å². The van der Waals surface area contributed by atoms with E-state index < -0.39 is 11.6 Å². The number of urea groups is 1. The van der Waals surface area contributed by atoms with Gasteiger partial charge in [0.15, 0.2) is 0 Å². The highest BCUT2D eigenvalue weighted by atomic mass is 35.5. The number of H-pyrrole nitrogens is 1. The molecular weight excluding hydrogens is 384 g/mol. The Morgan fingerprint density at radius 2 is 2.15 bits per heavy atom. The molecule has 3 rings (SSSR count). The van der Waals surface area contributed by atoms with E-state index in [1.807, 2.05) is 19.2 Å². The predicted octanol–water partition coefficient (Wildman–Crippen LogP) is 4.80. The molecule has 8 heteroatoms. The van der Waals surface area contributed by atoms with Crippen LogP contribution in [-0.4, -0.2) is 21.8 Å². The Morgan fingerprint density at radius 3 is 2.78 bits per heavy atom. The highest BCUT2D eigenvalue weighted by Gasteiger charge is 2.29. The van der Waals surface area contributed by atoms with E-state index in [2.05, 4.69) is 20.6 Å². The highest BCUT2D eigenvalue weighted by Crippen LogP contribution is 2.27. The van der Waals surface area contributed by atoms with Crippen LogP contribution in [0.3, 0.4) is 0 Å². The molecule has 0 unspecified atom stereocenters. The topological polar surface area (TPSA) is 86.9 Å². The molecule has 0 aliphatic heterocycles. The zero-order valence-corrected chi connectivity index (χ0v) is 16.4. The molecule has 6 nitrogen and oxygen atoms in total. The van der Waals surface area contributed by atoms with Gasteiger partial charge in [-0.25, -0.2) is 9.78 Å². The molecule has 1 aromatic carbocycles. The lowest BCUT2D eigenvalue weighted by atomic mass is 10.0. The number of ketones is 1. The van der Waals surface area contributed by atoms with Crippen molar-refractivity contribution in [2.45, 2.75) is 25.8 Å². The summed E-state index contributed by atoms with van der Waals surface area (Å²) in [4.78, 5) is 32.5. The van der Waals surface area contributed by atoms with Gasteiger partial charge in [-0.2, -0.15) is 0 Å². The van der Waals surface area contributed by atoms with Gasteiger partial charge in [0, 0.05) is 28.4 Å². The minimum Gasteiger partial charge on any atom is -0.359 e. The van der Waals surface area contributed by atoms with Crippen LogP contribution in [0.5, 0.6) is 0 Å². The van der Waals surface area contributed by atoms with Crippen molar-refractivity contribution in [3.63, 3.8) is 0 Å². The maximum absolute atomic E-state index is 12.7. The Labute approximate surface area is 166 Å². The number of halogens is 1. The van der Waals surface area contributed by atoms with Crippen molar-refractivity contribution < 1.29 is 9.59 Å². The van der Waals surface area contributed by atoms with E-state index in [0.29, 0.717) is 28.4 Å². The first-order valence-electron chi connectivity index (χ1n) is 8.39. The van der Waals surface area contributed by atoms with Crippen LogP contribution in [0.2, 0.25) is 5.02 Å². The Morgan fingerprint density at radius 1 is 1.33 bits per heavy atom. The fraction of sp³-hybridized carbons (Fsp3) is 0.211. The molecule has 0 bridgehead atoms. The standard InChI is InChI=1S/C19H19ClN4O2S/c1-3-19(2,17-22-9-10-27-17)24-18(26)23-14-7-6-12(20)11-13(14)16(25)15-5-4-8-21-15/h4-11,21H,3H2,1-2H3,(H2,23,24,26)/t19-/m0/s1. The van der Waals surface area contributed by atoms with Crippen LogP contribution < -0.4 is 10.6 Å². The minimum absolute atomic E-state index is 0.254. The Kier molecular flexibility index (Phi) is 5.62. The lowest BCUT2D eigenvalue weighted by Gasteiger charge is -2.27. The van der Waals surface area contributed by atoms with Crippen molar-refractivity contribution in [1.82, 2.24) is 15.3 Å². The molecule has 0 spiro atoms. The van der Waals surface area contributed by atoms with Gasteiger partial charge in [0.05, 0.1) is 16.9 Å². The average Bonchev–Trinajstić information content (AvgIpc) is 3.36. The molecule has 0 saturated carbocycles. The van der Waals surface area contributed by atoms with Crippen molar-refractivity contribution in [2.24, 2.45) is 0 Å². The molecular formula is C19H19ClN4O2S. The quantitative estimate of drug-likeness (QED) is 0.517. The molecule has 0 aliphatic rings. The number of aromatic nitrogens is 2. The van der Waals surface area contributed by atoms with Crippen LogP contribution in [0.15, 0.2) is 48.1 Å². The summed E-state index contributed by atoms with van der Waals surface area (Å²) in [6.07, 6.45) is 4.04. The molecule has 0 saturated heterocycles. The number of carbonyl (C=O) groups is 2. The first-order chi connectivity index (χ1) is 12.9. The summed E-state index contributed by atoms with van der Waals surface area (Å²) >= 11 is 7.54. The van der Waals surface area contributed by atoms with Crippen molar-refractivity contribution in [3.8, 4) is 0 Å². The van der Waals surface area contributed by atoms with Crippen molar-refractivity contribution in [1.29, 1.82) is 0 Å². The number of amides is 2. The second-order valence-corrected chi connectivity index (χ2v) is 7.54. The number of hydrogen-bond acceptors (Lipinski definition) is 4. The number of nitrogens with one attached hydrogen (secondary N) is 3. The van der Waals surface area contributed by atoms with E-state index in [1.54, 1.807) is 42.7 Å². The molecule has 2 aromatic heterocycles. The van der Waals surface area contributed by atoms with Gasteiger partial charge < -0.3 is 15.6 Å². The van der Waals surface area contributed by atoms with E-state index >= 15 is 0 Å². The number of hydrogen-bond donors (Lipinski definition) is 3. The number of carbonyl (C=O) groups excluding carboxylic acids is 2. The summed E-state index contributed by atoms with van der Waals surface area (Å²) in [7, 11) is 0. The predicted molar refractivity (Wildman–Crippen MR) is 108 cm³/mol. The zero-order chi connectivity index (χ0) is 19.4. The van der Waals surface area contributed by atoms with Gasteiger partial charge in [0.25, 0.3) is 0 Å². The normalized spacial score (nSPS) is 13.0. The maximum atomic E-state index is 12.7. The molecule has 0 fully saturated rings. The summed E-state index contributed by atoms with van der Waals surface area (Å²) in [5.74, 6) is -0.254. The number of benzene rings is 1. The first kappa shape index (κ1) is 19.1. The lowest BCUT2D eigenvalue weighted by molar-refractivity contribution is 0.103. The van der Waals surface area contributed by atoms with E-state index in [9.17, 15) is 9.59 Å². The Balaban J connectivity index is 1.83. The minimum atomic E-state index is -0.603. The third-order valence-electron chi connectivity index (χ3n) is 4.32. The molecule has 140 valence electrons. The Bertz CT molecular complexity index is 941. The summed E-state index contributed by atoms with van der Waals surface area (Å²) in [6, 6.07) is 7.77. The van der Waals surface area contributed by atoms with Crippen LogP contribution in [0.25, 0.3) is 0 Å². The second-order valence-electron chi connectivity index (χ2n) is 6.20. The molecule has 0 radical (unpaired) electrons. The van der Waals surface area contributed by atoms with Gasteiger partial charge in [-0.15, -0.1) is 11.3 Å². The van der Waals surface area contributed by atoms with E-state index in [4.69, 9.17) is 11.6 Å². The molecule has 2 amide bonds. The van der Waals surface area contributed by atoms with Gasteiger partial charge in [-0.3, -0.25) is 4.79 Å². The van der Waals surface area contributed by atoms with Crippen LogP contribution in [0.1, 0.15) is 41.3 Å². The smallest absolute Gasteiger partial charge is 0.320 e. The molecule has 27 heavy (non-hydrogen) atoms. The van der Waals surface area contributed by atoms with Gasteiger partial charge >= 0.3 is 6.03 Å². The van der Waals surface area contributed by atoms with Gasteiger partial charge in [-0.05, 0) is 43.7 Å². The second kappa shape index (κ2) is 7.94. The summed E-state index contributed by atoms with van der Waals surface area (Å²) in [6.45, 7) is 3.89. The zero-order valence-electron chi connectivity index (χ0n) is 14.9. The maximum Gasteiger partial charge on any atom is 0.320 e. The number of aromatic amines is 1.